The van der Waals surface area contributed by atoms with E-state index in [0.29, 0.717) is 30.9 Å². The Kier molecular flexibility index (Phi) is 8.33. The van der Waals surface area contributed by atoms with Crippen molar-refractivity contribution in [1.29, 1.82) is 0 Å². The fraction of sp³-hybridized carbons (Fsp3) is 0.536. The quantitative estimate of drug-likeness (QED) is 0.421. The fourth-order valence-corrected chi connectivity index (χ4v) is 8.56. The van der Waals surface area contributed by atoms with Gasteiger partial charge in [-0.2, -0.15) is 0 Å². The zero-order valence-corrected chi connectivity index (χ0v) is 22.5. The molecule has 5 atom stereocenters. The molecule has 4 rings (SSSR count). The number of nitrogens with zero attached hydrogens (tertiary/aromatic N) is 3. The topological polar surface area (TPSA) is 90.4 Å². The van der Waals surface area contributed by atoms with Crippen LogP contribution in [0.2, 0.25) is 0 Å². The van der Waals surface area contributed by atoms with Crippen molar-refractivity contribution in [3.63, 3.8) is 0 Å². The third-order valence-electron chi connectivity index (χ3n) is 7.78. The molecule has 2 bridgehead atoms. The molecule has 0 radical (unpaired) electrons. The number of benzene rings is 1. The summed E-state index contributed by atoms with van der Waals surface area (Å²) in [5, 5.41) is 9.84. The van der Waals surface area contributed by atoms with Crippen LogP contribution >= 0.6 is 11.8 Å². The van der Waals surface area contributed by atoms with Gasteiger partial charge in [-0.25, -0.2) is 0 Å². The molecule has 3 saturated heterocycles. The normalized spacial score (nSPS) is 27.6. The van der Waals surface area contributed by atoms with Crippen LogP contribution in [0.5, 0.6) is 5.75 Å². The van der Waals surface area contributed by atoms with Crippen LogP contribution in [-0.4, -0.2) is 88.6 Å². The molecule has 37 heavy (non-hydrogen) atoms. The lowest BCUT2D eigenvalue weighted by Crippen LogP contribution is -2.55. The first kappa shape index (κ1) is 27.3. The molecule has 1 aromatic carbocycles. The van der Waals surface area contributed by atoms with E-state index in [2.05, 4.69) is 13.2 Å². The molecule has 0 aromatic heterocycles. The zero-order valence-electron chi connectivity index (χ0n) is 21.7. The second-order valence-electron chi connectivity index (χ2n) is 9.82. The van der Waals surface area contributed by atoms with E-state index in [1.165, 1.54) is 4.90 Å². The van der Waals surface area contributed by atoms with Crippen molar-refractivity contribution in [1.82, 2.24) is 9.80 Å². The van der Waals surface area contributed by atoms with E-state index in [1.807, 2.05) is 19.1 Å². The molecule has 1 aromatic rings. The van der Waals surface area contributed by atoms with Gasteiger partial charge in [-0.15, -0.1) is 24.9 Å². The number of fused-ring (bicyclic) bond motifs is 1. The van der Waals surface area contributed by atoms with Crippen LogP contribution in [0, 0.1) is 11.8 Å². The number of aliphatic hydroxyl groups is 1. The second kappa shape index (κ2) is 11.3. The average Bonchev–Trinajstić information content (AvgIpc) is 3.54. The van der Waals surface area contributed by atoms with E-state index in [-0.39, 0.29) is 42.7 Å². The Hall–Kier alpha value is -2.78. The fourth-order valence-electron chi connectivity index (χ4n) is 6.35. The Bertz CT molecular complexity index is 1050. The van der Waals surface area contributed by atoms with E-state index in [0.717, 1.165) is 12.8 Å². The third-order valence-corrected chi connectivity index (χ3v) is 9.73. The Labute approximate surface area is 223 Å². The van der Waals surface area contributed by atoms with E-state index in [4.69, 9.17) is 4.74 Å². The maximum absolute atomic E-state index is 14.3. The number of likely N-dealkylation sites (tertiary alicyclic amines) is 1. The summed E-state index contributed by atoms with van der Waals surface area (Å²) in [6.07, 6.45) is 5.64. The number of carbonyl (C=O) groups excluding carboxylic acids is 3. The summed E-state index contributed by atoms with van der Waals surface area (Å²) in [6, 6.07) is 6.43. The predicted octanol–water partition coefficient (Wildman–Crippen LogP) is 2.72. The number of carbonyl (C=O) groups is 3. The molecule has 1 N–H and O–H groups in total. The minimum atomic E-state index is -0.772. The summed E-state index contributed by atoms with van der Waals surface area (Å²) < 4.78 is 4.56. The van der Waals surface area contributed by atoms with Crippen molar-refractivity contribution >= 4 is 35.2 Å². The van der Waals surface area contributed by atoms with Crippen LogP contribution in [0.15, 0.2) is 49.6 Å². The molecule has 0 aliphatic carbocycles. The lowest BCUT2D eigenvalue weighted by atomic mass is 9.70. The van der Waals surface area contributed by atoms with Gasteiger partial charge in [0.05, 0.1) is 30.3 Å². The molecule has 9 heteroatoms. The first-order valence-corrected chi connectivity index (χ1v) is 13.8. The van der Waals surface area contributed by atoms with Gasteiger partial charge in [0.1, 0.15) is 11.8 Å². The molecule has 200 valence electrons. The molecule has 3 fully saturated rings. The van der Waals surface area contributed by atoms with Crippen LogP contribution < -0.4 is 9.64 Å². The minimum absolute atomic E-state index is 0.00830. The summed E-state index contributed by atoms with van der Waals surface area (Å²) in [5.74, 6) is -0.848. The van der Waals surface area contributed by atoms with E-state index >= 15 is 0 Å². The van der Waals surface area contributed by atoms with Gasteiger partial charge >= 0.3 is 0 Å². The van der Waals surface area contributed by atoms with Crippen LogP contribution in [0.1, 0.15) is 26.2 Å². The van der Waals surface area contributed by atoms with Gasteiger partial charge in [0, 0.05) is 37.1 Å². The number of rotatable bonds is 12. The SMILES string of the molecule is C=CCN(CCC)C(=O)[C@@H]1[C@@H]2CCC3(S2)C(C(=O)N(CC=C)c2ccc(OC)cc2)N(CCO)C(=O)[C@H]13. The summed E-state index contributed by atoms with van der Waals surface area (Å²) in [5.41, 5.74) is 0.673. The van der Waals surface area contributed by atoms with Crippen molar-refractivity contribution < 1.29 is 24.2 Å². The Balaban J connectivity index is 1.73. The number of methoxy groups -OCH3 is 1. The van der Waals surface area contributed by atoms with E-state index in [1.54, 1.807) is 53.0 Å². The summed E-state index contributed by atoms with van der Waals surface area (Å²) in [4.78, 5) is 47.0. The van der Waals surface area contributed by atoms with Crippen LogP contribution in [0.4, 0.5) is 5.69 Å². The number of β-amino-alcohol motifs (C(OH)–C–C–N with tert-alkyl or cyclic N) is 1. The van der Waals surface area contributed by atoms with Crippen LogP contribution in [0.25, 0.3) is 0 Å². The van der Waals surface area contributed by atoms with Crippen molar-refractivity contribution in [2.75, 3.05) is 44.8 Å². The average molecular weight is 528 g/mol. The minimum Gasteiger partial charge on any atom is -0.497 e. The van der Waals surface area contributed by atoms with Crippen LogP contribution in [0.3, 0.4) is 0 Å². The molecule has 3 aliphatic rings. The maximum atomic E-state index is 14.3. The van der Waals surface area contributed by atoms with E-state index in [9.17, 15) is 19.5 Å². The molecule has 0 saturated carbocycles. The highest BCUT2D eigenvalue weighted by Gasteiger charge is 2.74. The highest BCUT2D eigenvalue weighted by atomic mass is 32.2. The lowest BCUT2D eigenvalue weighted by Gasteiger charge is -2.37. The maximum Gasteiger partial charge on any atom is 0.251 e. The number of aliphatic hydroxyl groups excluding tert-OH is 1. The smallest absolute Gasteiger partial charge is 0.251 e. The summed E-state index contributed by atoms with van der Waals surface area (Å²) >= 11 is 1.64. The van der Waals surface area contributed by atoms with Crippen molar-refractivity contribution in [2.24, 2.45) is 11.8 Å². The molecular formula is C28H37N3O5S. The highest BCUT2D eigenvalue weighted by molar-refractivity contribution is 8.02. The molecule has 8 nitrogen and oxygen atoms in total. The predicted molar refractivity (Wildman–Crippen MR) is 146 cm³/mol. The molecule has 3 amide bonds. The van der Waals surface area contributed by atoms with Gasteiger partial charge in [0.2, 0.25) is 11.8 Å². The summed E-state index contributed by atoms with van der Waals surface area (Å²) in [7, 11) is 1.58. The van der Waals surface area contributed by atoms with Gasteiger partial charge in [0.25, 0.3) is 5.91 Å². The molecule has 3 aliphatic heterocycles. The number of thioether (sulfide) groups is 1. The van der Waals surface area contributed by atoms with Crippen molar-refractivity contribution in [3.05, 3.63) is 49.6 Å². The first-order chi connectivity index (χ1) is 17.9. The van der Waals surface area contributed by atoms with Crippen LogP contribution in [-0.2, 0) is 14.4 Å². The number of ether oxygens (including phenoxy) is 1. The molecule has 2 unspecified atom stereocenters. The Morgan fingerprint density at radius 3 is 2.51 bits per heavy atom. The third kappa shape index (κ3) is 4.56. The Morgan fingerprint density at radius 1 is 1.22 bits per heavy atom. The number of hydrogen-bond donors (Lipinski definition) is 1. The van der Waals surface area contributed by atoms with Gasteiger partial charge in [-0.3, -0.25) is 14.4 Å². The van der Waals surface area contributed by atoms with Gasteiger partial charge in [0.15, 0.2) is 0 Å². The molecule has 3 heterocycles. The van der Waals surface area contributed by atoms with Gasteiger partial charge in [-0.1, -0.05) is 19.1 Å². The number of amides is 3. The lowest BCUT2D eigenvalue weighted by molar-refractivity contribution is -0.144. The number of hydrogen-bond acceptors (Lipinski definition) is 6. The van der Waals surface area contributed by atoms with Crippen molar-refractivity contribution in [2.45, 2.75) is 42.2 Å². The van der Waals surface area contributed by atoms with E-state index < -0.39 is 22.6 Å². The second-order valence-corrected chi connectivity index (χ2v) is 11.4. The van der Waals surface area contributed by atoms with Crippen molar-refractivity contribution in [3.8, 4) is 5.75 Å². The molecular weight excluding hydrogens is 490 g/mol. The summed E-state index contributed by atoms with van der Waals surface area (Å²) in [6.45, 7) is 10.7. The molecule has 1 spiro atoms. The largest absolute Gasteiger partial charge is 0.497 e. The first-order valence-electron chi connectivity index (χ1n) is 12.9. The standard InChI is InChI=1S/C28H37N3O5S/c1-5-14-29(15-6-2)25(33)22-21-12-13-28(37-21)23(22)26(34)31(17-18-32)24(28)27(35)30(16-7-3)19-8-10-20(36-4)11-9-19/h5,7-11,21-24,32H,1,3,6,12-18H2,2,4H3/t21-,22+,23-,24?,28?/m0/s1. The monoisotopic (exact) mass is 527 g/mol. The zero-order chi connectivity index (χ0) is 26.7. The Morgan fingerprint density at radius 2 is 1.92 bits per heavy atom. The number of anilines is 1. The van der Waals surface area contributed by atoms with Gasteiger partial charge < -0.3 is 24.5 Å². The highest BCUT2D eigenvalue weighted by Crippen LogP contribution is 2.66. The van der Waals surface area contributed by atoms with Gasteiger partial charge in [-0.05, 0) is 43.5 Å².